The molecule has 0 saturated carbocycles. The number of nitrogens with zero attached hydrogens (tertiary/aromatic N) is 2. The number of rotatable bonds is 8. The Hall–Kier alpha value is -2.78. The summed E-state index contributed by atoms with van der Waals surface area (Å²) in [7, 11) is 0. The molecule has 0 N–H and O–H groups in total. The summed E-state index contributed by atoms with van der Waals surface area (Å²) in [5.41, 5.74) is 0. The molecule has 0 unspecified atom stereocenters. The lowest BCUT2D eigenvalue weighted by Gasteiger charge is -2.25. The molecule has 2 saturated heterocycles. The van der Waals surface area contributed by atoms with Crippen LogP contribution in [0, 0.1) is 0 Å². The summed E-state index contributed by atoms with van der Waals surface area (Å²) in [5, 5.41) is 0. The van der Waals surface area contributed by atoms with E-state index in [1.54, 1.807) is 9.80 Å². The van der Waals surface area contributed by atoms with Crippen molar-refractivity contribution < 1.29 is 38.1 Å². The molecule has 0 aromatic heterocycles. The van der Waals surface area contributed by atoms with Crippen molar-refractivity contribution >= 4 is 24.1 Å². The molecule has 0 atom stereocenters. The average molecular weight is 426 g/mol. The van der Waals surface area contributed by atoms with Crippen molar-refractivity contribution in [2.24, 2.45) is 0 Å². The monoisotopic (exact) mass is 426 g/mol. The maximum absolute atomic E-state index is 11.8. The highest BCUT2D eigenvalue weighted by Gasteiger charge is 2.18. The number of likely N-dealkylation sites (tertiary alicyclic amines) is 2. The molecule has 10 heteroatoms. The molecular weight excluding hydrogens is 396 g/mol. The number of carbonyl (C=O) groups excluding carboxylic acids is 4. The van der Waals surface area contributed by atoms with E-state index in [2.05, 4.69) is 0 Å². The van der Waals surface area contributed by atoms with E-state index in [0.717, 1.165) is 50.7 Å². The summed E-state index contributed by atoms with van der Waals surface area (Å²) in [5.74, 6) is -1.50. The number of amides is 2. The van der Waals surface area contributed by atoms with E-state index in [4.69, 9.17) is 18.9 Å². The van der Waals surface area contributed by atoms with Gasteiger partial charge in [-0.25, -0.2) is 19.2 Å². The van der Waals surface area contributed by atoms with Gasteiger partial charge in [0.15, 0.2) is 0 Å². The van der Waals surface area contributed by atoms with Gasteiger partial charge in [0, 0.05) is 38.3 Å². The Morgan fingerprint density at radius 1 is 0.533 bits per heavy atom. The van der Waals surface area contributed by atoms with Crippen molar-refractivity contribution in [1.29, 1.82) is 0 Å². The molecular formula is C20H30N2O8. The lowest BCUT2D eigenvalue weighted by Crippen LogP contribution is -2.36. The predicted octanol–water partition coefficient (Wildman–Crippen LogP) is 1.87. The highest BCUT2D eigenvalue weighted by Crippen LogP contribution is 2.10. The third-order valence-electron chi connectivity index (χ3n) is 4.69. The van der Waals surface area contributed by atoms with Gasteiger partial charge in [0.05, 0.1) is 0 Å². The second kappa shape index (κ2) is 13.4. The Morgan fingerprint density at radius 2 is 0.867 bits per heavy atom. The summed E-state index contributed by atoms with van der Waals surface area (Å²) in [4.78, 5) is 49.9. The molecule has 0 bridgehead atoms. The van der Waals surface area contributed by atoms with Crippen LogP contribution in [-0.2, 0) is 28.5 Å². The van der Waals surface area contributed by atoms with Gasteiger partial charge in [0.2, 0.25) is 0 Å². The molecule has 0 aromatic rings. The Morgan fingerprint density at radius 3 is 1.23 bits per heavy atom. The number of ether oxygens (including phenoxy) is 4. The summed E-state index contributed by atoms with van der Waals surface area (Å²) >= 11 is 0. The van der Waals surface area contributed by atoms with Crippen LogP contribution in [0.25, 0.3) is 0 Å². The fraction of sp³-hybridized carbons (Fsp3) is 0.700. The number of esters is 2. The van der Waals surface area contributed by atoms with E-state index in [9.17, 15) is 19.2 Å². The van der Waals surface area contributed by atoms with Crippen molar-refractivity contribution in [3.63, 3.8) is 0 Å². The Kier molecular flexibility index (Phi) is 10.5. The Bertz CT molecular complexity index is 558. The van der Waals surface area contributed by atoms with Crippen LogP contribution in [0.2, 0.25) is 0 Å². The Labute approximate surface area is 176 Å². The zero-order chi connectivity index (χ0) is 21.6. The molecule has 30 heavy (non-hydrogen) atoms. The van der Waals surface area contributed by atoms with E-state index in [0.29, 0.717) is 26.2 Å². The zero-order valence-electron chi connectivity index (χ0n) is 17.2. The van der Waals surface area contributed by atoms with Crippen LogP contribution in [0.3, 0.4) is 0 Å². The van der Waals surface area contributed by atoms with Crippen LogP contribution in [-0.4, -0.2) is 86.5 Å². The fourth-order valence-corrected chi connectivity index (χ4v) is 3.11. The van der Waals surface area contributed by atoms with E-state index < -0.39 is 24.1 Å². The van der Waals surface area contributed by atoms with Crippen molar-refractivity contribution in [1.82, 2.24) is 9.80 Å². The fourth-order valence-electron chi connectivity index (χ4n) is 3.11. The number of piperidine rings is 2. The van der Waals surface area contributed by atoms with Crippen LogP contribution in [0.5, 0.6) is 0 Å². The third kappa shape index (κ3) is 9.15. The van der Waals surface area contributed by atoms with Crippen LogP contribution >= 0.6 is 0 Å². The van der Waals surface area contributed by atoms with Crippen molar-refractivity contribution in [3.8, 4) is 0 Å². The van der Waals surface area contributed by atoms with Crippen LogP contribution < -0.4 is 0 Å². The first-order valence-corrected chi connectivity index (χ1v) is 10.4. The minimum absolute atomic E-state index is 0.0538. The first-order valence-electron chi connectivity index (χ1n) is 10.4. The number of carbonyl (C=O) groups is 4. The van der Waals surface area contributed by atoms with E-state index in [1.165, 1.54) is 0 Å². The maximum atomic E-state index is 11.8. The van der Waals surface area contributed by atoms with Crippen LogP contribution in [0.15, 0.2) is 12.2 Å². The normalized spacial score (nSPS) is 16.8. The molecule has 0 aromatic carbocycles. The van der Waals surface area contributed by atoms with Gasteiger partial charge >= 0.3 is 24.1 Å². The largest absolute Gasteiger partial charge is 0.459 e. The molecule has 2 fully saturated rings. The number of hydrogen-bond acceptors (Lipinski definition) is 8. The summed E-state index contributed by atoms with van der Waals surface area (Å²) in [6, 6.07) is 0. The van der Waals surface area contributed by atoms with Crippen molar-refractivity contribution in [2.75, 3.05) is 52.6 Å². The van der Waals surface area contributed by atoms with Crippen molar-refractivity contribution in [3.05, 3.63) is 12.2 Å². The number of hydrogen-bond donors (Lipinski definition) is 0. The maximum Gasteiger partial charge on any atom is 0.409 e. The van der Waals surface area contributed by atoms with Gasteiger partial charge in [0.1, 0.15) is 26.4 Å². The van der Waals surface area contributed by atoms with Gasteiger partial charge in [-0.1, -0.05) is 0 Å². The van der Waals surface area contributed by atoms with Gasteiger partial charge in [-0.15, -0.1) is 0 Å². The quantitative estimate of drug-likeness (QED) is 0.250. The minimum Gasteiger partial charge on any atom is -0.459 e. The second-order valence-corrected chi connectivity index (χ2v) is 6.99. The van der Waals surface area contributed by atoms with Gasteiger partial charge in [-0.05, 0) is 38.5 Å². The van der Waals surface area contributed by atoms with Gasteiger partial charge < -0.3 is 28.7 Å². The predicted molar refractivity (Wildman–Crippen MR) is 105 cm³/mol. The highest BCUT2D eigenvalue weighted by molar-refractivity contribution is 5.91. The first kappa shape index (κ1) is 23.5. The Balaban J connectivity index is 1.49. The SMILES string of the molecule is O=C(/C=C/C(=O)OCCOC(=O)N1CCCCC1)OCCOC(=O)N1CCCCC1. The first-order chi connectivity index (χ1) is 14.6. The molecule has 0 radical (unpaired) electrons. The lowest BCUT2D eigenvalue weighted by atomic mass is 10.1. The topological polar surface area (TPSA) is 112 Å². The lowest BCUT2D eigenvalue weighted by molar-refractivity contribution is -0.141. The van der Waals surface area contributed by atoms with Crippen LogP contribution in [0.1, 0.15) is 38.5 Å². The molecule has 2 aliphatic rings. The van der Waals surface area contributed by atoms with Gasteiger partial charge in [0.25, 0.3) is 0 Å². The molecule has 2 rings (SSSR count). The molecule has 0 spiro atoms. The molecule has 2 amide bonds. The van der Waals surface area contributed by atoms with E-state index in [-0.39, 0.29) is 26.4 Å². The summed E-state index contributed by atoms with van der Waals surface area (Å²) in [6.07, 6.45) is 7.11. The standard InChI is InChI=1S/C20H30N2O8/c23-17(27-13-15-29-19(25)21-9-3-1-4-10-21)7-8-18(24)28-14-16-30-20(26)22-11-5-2-6-12-22/h7-8H,1-6,9-16H2/b8-7+. The van der Waals surface area contributed by atoms with Crippen molar-refractivity contribution in [2.45, 2.75) is 38.5 Å². The molecule has 168 valence electrons. The van der Waals surface area contributed by atoms with Gasteiger partial charge in [-0.3, -0.25) is 0 Å². The smallest absolute Gasteiger partial charge is 0.409 e. The minimum atomic E-state index is -0.752. The second-order valence-electron chi connectivity index (χ2n) is 6.99. The van der Waals surface area contributed by atoms with Crippen LogP contribution in [0.4, 0.5) is 9.59 Å². The molecule has 0 aliphatic carbocycles. The molecule has 10 nitrogen and oxygen atoms in total. The third-order valence-corrected chi connectivity index (χ3v) is 4.69. The van der Waals surface area contributed by atoms with E-state index >= 15 is 0 Å². The molecule has 2 heterocycles. The summed E-state index contributed by atoms with van der Waals surface area (Å²) < 4.78 is 19.8. The molecule has 2 aliphatic heterocycles. The zero-order valence-corrected chi connectivity index (χ0v) is 17.2. The summed E-state index contributed by atoms with van der Waals surface area (Å²) in [6.45, 7) is 2.40. The van der Waals surface area contributed by atoms with Gasteiger partial charge in [-0.2, -0.15) is 0 Å². The van der Waals surface area contributed by atoms with E-state index in [1.807, 2.05) is 0 Å². The highest BCUT2D eigenvalue weighted by atomic mass is 16.6. The average Bonchev–Trinajstić information content (AvgIpc) is 2.79.